The van der Waals surface area contributed by atoms with Crippen LogP contribution in [-0.4, -0.2) is 108 Å². The van der Waals surface area contributed by atoms with Gasteiger partial charge < -0.3 is 49.3 Å². The maximum Gasteiger partial charge on any atom is 0.472 e. The second-order valence-corrected chi connectivity index (χ2v) is 20.8. The molecule has 0 aromatic heterocycles. The molecule has 0 radical (unpaired) electrons. The maximum absolute atomic E-state index is 13.1. The van der Waals surface area contributed by atoms with Crippen LogP contribution in [0.4, 0.5) is 0 Å². The van der Waals surface area contributed by atoms with Crippen molar-refractivity contribution in [3.05, 3.63) is 60.8 Å². The fourth-order valence-electron chi connectivity index (χ4n) is 7.20. The third-order valence-corrected chi connectivity index (χ3v) is 12.9. The average molecular weight is 1050 g/mol. The van der Waals surface area contributed by atoms with Crippen molar-refractivity contribution in [3.8, 4) is 0 Å². The number of hydrogen-bond donors (Lipinski definition) is 8. The molecule has 19 nitrogen and oxygen atoms in total. The van der Waals surface area contributed by atoms with Crippen molar-refractivity contribution >= 4 is 35.4 Å². The average Bonchev–Trinajstić information content (AvgIpc) is 3.28. The maximum atomic E-state index is 13.1. The fourth-order valence-corrected chi connectivity index (χ4v) is 9.29. The predicted molar refractivity (Wildman–Crippen MR) is 261 cm³/mol. The first-order chi connectivity index (χ1) is 32.8. The van der Waals surface area contributed by atoms with E-state index in [1.54, 1.807) is 0 Å². The Kier molecular flexibility index (Phi) is 36.2. The van der Waals surface area contributed by atoms with Crippen LogP contribution in [0.3, 0.4) is 0 Å². The van der Waals surface area contributed by atoms with Crippen molar-refractivity contribution in [1.82, 2.24) is 0 Å². The summed E-state index contributed by atoms with van der Waals surface area (Å²) in [6.45, 7) is 2.80. The number of allylic oxidation sites excluding steroid dienone is 10. The molecule has 69 heavy (non-hydrogen) atoms. The number of carbonyl (C=O) groups excluding carboxylic acids is 2. The van der Waals surface area contributed by atoms with E-state index in [0.29, 0.717) is 12.8 Å². The molecule has 1 aliphatic carbocycles. The monoisotopic (exact) mass is 1040 g/mol. The zero-order valence-corrected chi connectivity index (χ0v) is 43.3. The lowest BCUT2D eigenvalue weighted by Crippen LogP contribution is -2.65. The largest absolute Gasteiger partial charge is 0.472 e. The number of unbranched alkanes of at least 4 members (excludes halogenated alkanes) is 15. The minimum absolute atomic E-state index is 0.00939. The van der Waals surface area contributed by atoms with Crippen molar-refractivity contribution in [2.24, 2.45) is 0 Å². The normalized spacial score (nSPS) is 21.8. The van der Waals surface area contributed by atoms with E-state index in [0.717, 1.165) is 83.5 Å². The Balaban J connectivity index is 2.72. The molecule has 0 amide bonds. The Bertz CT molecular complexity index is 1670. The summed E-state index contributed by atoms with van der Waals surface area (Å²) in [4.78, 5) is 73.2. The molecule has 400 valence electrons. The lowest BCUT2D eigenvalue weighted by molar-refractivity contribution is -0.213. The van der Waals surface area contributed by atoms with Gasteiger partial charge in [0.05, 0.1) is 6.61 Å². The summed E-state index contributed by atoms with van der Waals surface area (Å²) in [5, 5.41) is 31.9. The van der Waals surface area contributed by atoms with Crippen LogP contribution < -0.4 is 0 Å². The number of esters is 2. The van der Waals surface area contributed by atoms with Crippen LogP contribution in [0.25, 0.3) is 0 Å². The minimum atomic E-state index is -5.61. The molecule has 0 spiro atoms. The molecule has 0 aliphatic heterocycles. The molecular formula is C47H83O19P3. The van der Waals surface area contributed by atoms with E-state index in [-0.39, 0.29) is 12.8 Å². The van der Waals surface area contributed by atoms with Gasteiger partial charge in [-0.1, -0.05) is 158 Å². The van der Waals surface area contributed by atoms with E-state index in [2.05, 4.69) is 83.7 Å². The topological polar surface area (TPSA) is 303 Å². The number of phosphoric acid groups is 3. The highest BCUT2D eigenvalue weighted by molar-refractivity contribution is 7.47. The van der Waals surface area contributed by atoms with Crippen molar-refractivity contribution in [2.75, 3.05) is 13.2 Å². The van der Waals surface area contributed by atoms with Gasteiger partial charge >= 0.3 is 35.4 Å². The highest BCUT2D eigenvalue weighted by Gasteiger charge is 2.56. The molecule has 0 aromatic carbocycles. The summed E-state index contributed by atoms with van der Waals surface area (Å²) in [7, 11) is -16.6. The Labute approximate surface area is 409 Å². The summed E-state index contributed by atoms with van der Waals surface area (Å²) < 4.78 is 65.5. The standard InChI is InChI=1S/C47H83O19P3/c1-3-5-7-9-11-13-15-17-18-19-20-21-22-24-25-27-29-31-33-35-40(48)61-37-39(63-41(49)36-34-32-30-28-26-23-16-14-12-10-8-6-4-2)38-62-69(59,60)66-45-42(50)43(51)46(64-67(53,54)55)47(44(45)52)65-68(56,57)58/h5,7,11,13,17-18,20-21,24-25,39,42-47,50-52H,3-4,6,8-10,12,14-16,19,22-23,26-38H2,1-2H3,(H,59,60)(H2,53,54,55)(H2,56,57,58). The summed E-state index contributed by atoms with van der Waals surface area (Å²) in [5.41, 5.74) is 0. The molecule has 1 aliphatic rings. The summed E-state index contributed by atoms with van der Waals surface area (Å²) in [6.07, 6.45) is 26.6. The Morgan fingerprint density at radius 3 is 1.36 bits per heavy atom. The van der Waals surface area contributed by atoms with Gasteiger partial charge in [0.15, 0.2) is 6.10 Å². The first-order valence-corrected chi connectivity index (χ1v) is 29.1. The van der Waals surface area contributed by atoms with Crippen molar-refractivity contribution in [3.63, 3.8) is 0 Å². The van der Waals surface area contributed by atoms with Crippen molar-refractivity contribution < 1.29 is 90.6 Å². The van der Waals surface area contributed by atoms with E-state index in [4.69, 9.17) is 18.5 Å². The first-order valence-electron chi connectivity index (χ1n) is 24.6. The summed E-state index contributed by atoms with van der Waals surface area (Å²) >= 11 is 0. The second-order valence-electron chi connectivity index (χ2n) is 17.0. The van der Waals surface area contributed by atoms with E-state index >= 15 is 0 Å². The quantitative estimate of drug-likeness (QED) is 0.0122. The molecule has 8 unspecified atom stereocenters. The summed E-state index contributed by atoms with van der Waals surface area (Å²) in [5.74, 6) is -1.34. The van der Waals surface area contributed by atoms with Crippen LogP contribution >= 0.6 is 23.5 Å². The van der Waals surface area contributed by atoms with E-state index in [1.165, 1.54) is 44.9 Å². The minimum Gasteiger partial charge on any atom is -0.462 e. The van der Waals surface area contributed by atoms with Crippen LogP contribution in [0.1, 0.15) is 168 Å². The van der Waals surface area contributed by atoms with Crippen LogP contribution in [0, 0.1) is 0 Å². The Morgan fingerprint density at radius 2 is 0.884 bits per heavy atom. The molecule has 1 rings (SSSR count). The molecule has 8 N–H and O–H groups in total. The Hall–Kier alpha value is -2.15. The molecule has 1 fully saturated rings. The van der Waals surface area contributed by atoms with Crippen LogP contribution in [0.15, 0.2) is 60.8 Å². The van der Waals surface area contributed by atoms with E-state index in [1.807, 2.05) is 0 Å². The Morgan fingerprint density at radius 1 is 0.478 bits per heavy atom. The van der Waals surface area contributed by atoms with Crippen LogP contribution in [0.2, 0.25) is 0 Å². The zero-order chi connectivity index (χ0) is 51.4. The number of carbonyl (C=O) groups is 2. The fraction of sp³-hybridized carbons (Fsp3) is 0.745. The van der Waals surface area contributed by atoms with Gasteiger partial charge in [-0.15, -0.1) is 0 Å². The second kappa shape index (κ2) is 38.5. The van der Waals surface area contributed by atoms with Crippen molar-refractivity contribution in [1.29, 1.82) is 0 Å². The zero-order valence-electron chi connectivity index (χ0n) is 40.6. The van der Waals surface area contributed by atoms with E-state index in [9.17, 15) is 63.1 Å². The number of aliphatic hydroxyl groups excluding tert-OH is 3. The molecule has 0 aromatic rings. The lowest BCUT2D eigenvalue weighted by atomic mass is 9.85. The van der Waals surface area contributed by atoms with Gasteiger partial charge in [0.25, 0.3) is 0 Å². The molecule has 22 heteroatoms. The van der Waals surface area contributed by atoms with E-state index < -0.39 is 91.3 Å². The number of hydrogen-bond acceptors (Lipinski definition) is 14. The third kappa shape index (κ3) is 34.8. The first kappa shape index (κ1) is 64.9. The highest BCUT2D eigenvalue weighted by Crippen LogP contribution is 2.51. The third-order valence-electron chi connectivity index (χ3n) is 10.8. The number of phosphoric ester groups is 3. The van der Waals surface area contributed by atoms with Gasteiger partial charge in [-0.2, -0.15) is 0 Å². The van der Waals surface area contributed by atoms with Gasteiger partial charge in [-0.25, -0.2) is 13.7 Å². The van der Waals surface area contributed by atoms with Gasteiger partial charge in [0, 0.05) is 12.8 Å². The smallest absolute Gasteiger partial charge is 0.462 e. The number of aliphatic hydroxyl groups is 3. The lowest BCUT2D eigenvalue weighted by Gasteiger charge is -2.44. The molecule has 1 saturated carbocycles. The predicted octanol–water partition coefficient (Wildman–Crippen LogP) is 9.18. The number of rotatable bonds is 41. The molecule has 0 heterocycles. The highest BCUT2D eigenvalue weighted by atomic mass is 31.2. The molecule has 8 atom stereocenters. The number of ether oxygens (including phenoxy) is 2. The molecule has 0 bridgehead atoms. The molecule has 0 saturated heterocycles. The van der Waals surface area contributed by atoms with Gasteiger partial charge in [0.1, 0.15) is 43.2 Å². The van der Waals surface area contributed by atoms with Gasteiger partial charge in [0.2, 0.25) is 0 Å². The molecular weight excluding hydrogens is 961 g/mol. The summed E-state index contributed by atoms with van der Waals surface area (Å²) in [6, 6.07) is 0. The van der Waals surface area contributed by atoms with Crippen LogP contribution in [-0.2, 0) is 50.9 Å². The van der Waals surface area contributed by atoms with Gasteiger partial charge in [-0.05, 0) is 57.8 Å². The van der Waals surface area contributed by atoms with Gasteiger partial charge in [-0.3, -0.25) is 27.7 Å². The SMILES string of the molecule is CCC=CCC=CCC=CCC=CCC=CCCCCCC(=O)OCC(COP(=O)(O)OC1C(O)C(O)C(OP(=O)(O)O)C(OP(=O)(O)O)C1O)OC(=O)CCCCCCCCCCCCCCC. The van der Waals surface area contributed by atoms with Crippen LogP contribution in [0.5, 0.6) is 0 Å². The van der Waals surface area contributed by atoms with Crippen molar-refractivity contribution in [2.45, 2.75) is 211 Å².